The summed E-state index contributed by atoms with van der Waals surface area (Å²) in [5, 5.41) is 3.38. The molecule has 0 aliphatic rings. The summed E-state index contributed by atoms with van der Waals surface area (Å²) < 4.78 is 13.3. The minimum Gasteiger partial charge on any atom is -0.206 e. The molecule has 4 heteroatoms. The van der Waals surface area contributed by atoms with Crippen molar-refractivity contribution in [1.29, 1.82) is 0 Å². The number of benzene rings is 1. The average molecular weight is 205 g/mol. The average Bonchev–Trinajstić information content (AvgIpc) is 2.20. The van der Waals surface area contributed by atoms with Crippen molar-refractivity contribution in [2.24, 2.45) is 5.11 Å². The van der Waals surface area contributed by atoms with Gasteiger partial charge in [-0.3, -0.25) is 0 Å². The molecule has 0 unspecified atom stereocenters. The van der Waals surface area contributed by atoms with Crippen LogP contribution >= 0.6 is 0 Å². The molecule has 0 aliphatic carbocycles. The second-order valence-corrected chi connectivity index (χ2v) is 3.17. The maximum absolute atomic E-state index is 13.3. The minimum atomic E-state index is -0.227. The maximum Gasteiger partial charge on any atom is 0.130 e. The summed E-state index contributed by atoms with van der Waals surface area (Å²) in [6, 6.07) is 5.08. The van der Waals surface area contributed by atoms with E-state index in [1.807, 2.05) is 13.0 Å². The molecule has 0 atom stereocenters. The van der Waals surface area contributed by atoms with Gasteiger partial charge in [0.15, 0.2) is 0 Å². The predicted molar refractivity (Wildman–Crippen MR) is 58.8 cm³/mol. The molecule has 0 aromatic heterocycles. The molecule has 0 fully saturated rings. The van der Waals surface area contributed by atoms with Crippen LogP contribution in [0.3, 0.4) is 0 Å². The largest absolute Gasteiger partial charge is 0.206 e. The maximum atomic E-state index is 13.3. The van der Waals surface area contributed by atoms with E-state index in [0.29, 0.717) is 18.5 Å². The fourth-order valence-electron chi connectivity index (χ4n) is 1.15. The van der Waals surface area contributed by atoms with Gasteiger partial charge >= 0.3 is 0 Å². The van der Waals surface area contributed by atoms with Gasteiger partial charge in [0.2, 0.25) is 0 Å². The summed E-state index contributed by atoms with van der Waals surface area (Å²) in [7, 11) is 0. The van der Waals surface area contributed by atoms with E-state index in [9.17, 15) is 4.39 Å². The number of halogens is 1. The lowest BCUT2D eigenvalue weighted by atomic mass is 10.1. The highest BCUT2D eigenvalue weighted by Gasteiger charge is 1.96. The molecule has 1 rings (SSSR count). The van der Waals surface area contributed by atoms with Crippen LogP contribution in [0.4, 0.5) is 4.39 Å². The molecule has 0 heterocycles. The summed E-state index contributed by atoms with van der Waals surface area (Å²) in [5.74, 6) is -0.227. The molecule has 1 aromatic carbocycles. The van der Waals surface area contributed by atoms with Gasteiger partial charge in [0.05, 0.1) is 0 Å². The standard InChI is InChI=1S/C11H12FN3/c1-9-5-6-10(11(12)8-9)4-2-3-7-14-15-13/h2,4-6,8H,3,7H2,1H3. The number of nitrogens with zero attached hydrogens (tertiary/aromatic N) is 3. The zero-order valence-electron chi connectivity index (χ0n) is 8.52. The molecule has 0 saturated carbocycles. The van der Waals surface area contributed by atoms with E-state index in [0.717, 1.165) is 5.56 Å². The fourth-order valence-corrected chi connectivity index (χ4v) is 1.15. The van der Waals surface area contributed by atoms with Crippen molar-refractivity contribution < 1.29 is 4.39 Å². The van der Waals surface area contributed by atoms with Crippen LogP contribution in [0.2, 0.25) is 0 Å². The van der Waals surface area contributed by atoms with Crippen LogP contribution in [0, 0.1) is 12.7 Å². The van der Waals surface area contributed by atoms with Gasteiger partial charge in [-0.1, -0.05) is 29.4 Å². The lowest BCUT2D eigenvalue weighted by Crippen LogP contribution is -1.83. The van der Waals surface area contributed by atoms with Gasteiger partial charge < -0.3 is 0 Å². The number of azide groups is 1. The van der Waals surface area contributed by atoms with Crippen molar-refractivity contribution in [2.45, 2.75) is 13.3 Å². The first kappa shape index (κ1) is 11.3. The summed E-state index contributed by atoms with van der Waals surface area (Å²) in [6.07, 6.45) is 4.11. The minimum absolute atomic E-state index is 0.227. The van der Waals surface area contributed by atoms with Crippen LogP contribution in [0.5, 0.6) is 0 Å². The van der Waals surface area contributed by atoms with E-state index >= 15 is 0 Å². The molecule has 0 amide bonds. The third kappa shape index (κ3) is 3.83. The normalized spacial score (nSPS) is 10.3. The zero-order valence-corrected chi connectivity index (χ0v) is 8.52. The zero-order chi connectivity index (χ0) is 11.1. The van der Waals surface area contributed by atoms with E-state index < -0.39 is 0 Å². The van der Waals surface area contributed by atoms with Gasteiger partial charge in [-0.2, -0.15) is 0 Å². The highest BCUT2D eigenvalue weighted by Crippen LogP contribution is 2.11. The lowest BCUT2D eigenvalue weighted by Gasteiger charge is -1.97. The van der Waals surface area contributed by atoms with Crippen LogP contribution < -0.4 is 0 Å². The molecule has 78 valence electrons. The van der Waals surface area contributed by atoms with E-state index in [1.165, 1.54) is 6.07 Å². The molecule has 0 saturated heterocycles. The Morgan fingerprint density at radius 3 is 3.00 bits per heavy atom. The molecule has 0 aliphatic heterocycles. The molecule has 0 spiro atoms. The Balaban J connectivity index is 2.60. The number of rotatable bonds is 4. The molecular weight excluding hydrogens is 193 g/mol. The summed E-state index contributed by atoms with van der Waals surface area (Å²) in [5.41, 5.74) is 9.49. The Hall–Kier alpha value is -1.80. The van der Waals surface area contributed by atoms with Gasteiger partial charge in [0.1, 0.15) is 5.82 Å². The van der Waals surface area contributed by atoms with Gasteiger partial charge in [0, 0.05) is 17.0 Å². The molecule has 0 radical (unpaired) electrons. The van der Waals surface area contributed by atoms with Crippen molar-refractivity contribution in [1.82, 2.24) is 0 Å². The van der Waals surface area contributed by atoms with Crippen LogP contribution in [0.15, 0.2) is 29.4 Å². The molecular formula is C11H12FN3. The Morgan fingerprint density at radius 1 is 1.53 bits per heavy atom. The van der Waals surface area contributed by atoms with E-state index in [1.54, 1.807) is 18.2 Å². The van der Waals surface area contributed by atoms with Gasteiger partial charge in [0.25, 0.3) is 0 Å². The Morgan fingerprint density at radius 2 is 2.33 bits per heavy atom. The Bertz CT molecular complexity index is 406. The van der Waals surface area contributed by atoms with Crippen molar-refractivity contribution in [2.75, 3.05) is 6.54 Å². The summed E-state index contributed by atoms with van der Waals surface area (Å²) in [6.45, 7) is 2.25. The van der Waals surface area contributed by atoms with Gasteiger partial charge in [-0.15, -0.1) is 0 Å². The molecule has 1 aromatic rings. The number of aryl methyl sites for hydroxylation is 1. The topological polar surface area (TPSA) is 48.8 Å². The van der Waals surface area contributed by atoms with Crippen molar-refractivity contribution >= 4 is 6.08 Å². The molecule has 0 bridgehead atoms. The fraction of sp³-hybridized carbons (Fsp3) is 0.273. The molecule has 0 N–H and O–H groups in total. The van der Waals surface area contributed by atoms with Gasteiger partial charge in [-0.25, -0.2) is 4.39 Å². The van der Waals surface area contributed by atoms with Crippen molar-refractivity contribution in [3.8, 4) is 0 Å². The van der Waals surface area contributed by atoms with Crippen LogP contribution in [0.25, 0.3) is 16.5 Å². The highest BCUT2D eigenvalue weighted by atomic mass is 19.1. The van der Waals surface area contributed by atoms with Crippen LogP contribution in [-0.4, -0.2) is 6.54 Å². The van der Waals surface area contributed by atoms with Gasteiger partial charge in [-0.05, 0) is 30.5 Å². The third-order valence-electron chi connectivity index (χ3n) is 1.91. The Kier molecular flexibility index (Phi) is 4.38. The predicted octanol–water partition coefficient (Wildman–Crippen LogP) is 3.85. The lowest BCUT2D eigenvalue weighted by molar-refractivity contribution is 0.624. The quantitative estimate of drug-likeness (QED) is 0.310. The van der Waals surface area contributed by atoms with E-state index in [-0.39, 0.29) is 5.82 Å². The third-order valence-corrected chi connectivity index (χ3v) is 1.91. The second-order valence-electron chi connectivity index (χ2n) is 3.17. The second kappa shape index (κ2) is 5.83. The van der Waals surface area contributed by atoms with Crippen molar-refractivity contribution in [3.63, 3.8) is 0 Å². The van der Waals surface area contributed by atoms with Crippen molar-refractivity contribution in [3.05, 3.63) is 51.7 Å². The Labute approximate surface area is 87.9 Å². The first-order valence-electron chi connectivity index (χ1n) is 4.67. The first-order valence-corrected chi connectivity index (χ1v) is 4.67. The van der Waals surface area contributed by atoms with E-state index in [2.05, 4.69) is 10.0 Å². The smallest absolute Gasteiger partial charge is 0.130 e. The summed E-state index contributed by atoms with van der Waals surface area (Å²) in [4.78, 5) is 2.63. The number of hydrogen-bond donors (Lipinski definition) is 0. The summed E-state index contributed by atoms with van der Waals surface area (Å²) >= 11 is 0. The van der Waals surface area contributed by atoms with Crippen LogP contribution in [-0.2, 0) is 0 Å². The van der Waals surface area contributed by atoms with Crippen LogP contribution in [0.1, 0.15) is 17.5 Å². The van der Waals surface area contributed by atoms with E-state index in [4.69, 9.17) is 5.53 Å². The first-order chi connectivity index (χ1) is 7.24. The monoisotopic (exact) mass is 205 g/mol. The molecule has 3 nitrogen and oxygen atoms in total. The highest BCUT2D eigenvalue weighted by molar-refractivity contribution is 5.50. The number of hydrogen-bond acceptors (Lipinski definition) is 1. The molecule has 15 heavy (non-hydrogen) atoms. The SMILES string of the molecule is Cc1ccc(C=CCCN=[N+]=[N-])c(F)c1.